The van der Waals surface area contributed by atoms with Crippen LogP contribution in [0, 0.1) is 17.8 Å². The van der Waals surface area contributed by atoms with Crippen molar-refractivity contribution in [3.63, 3.8) is 0 Å². The molecule has 0 aliphatic heterocycles. The lowest BCUT2D eigenvalue weighted by molar-refractivity contribution is -0.128. The topological polar surface area (TPSA) is 58.4 Å². The van der Waals surface area contributed by atoms with Gasteiger partial charge in [0.15, 0.2) is 0 Å². The number of nitrogens with one attached hydrogen (secondary N) is 1. The van der Waals surface area contributed by atoms with Crippen molar-refractivity contribution < 1.29 is 4.79 Å². The van der Waals surface area contributed by atoms with E-state index in [1.165, 1.54) is 24.8 Å². The molecule has 1 amide bonds. The molecular weight excluding hydrogens is 298 g/mol. The molecule has 0 aromatic heterocycles. The molecule has 2 aliphatic carbocycles. The lowest BCUT2D eigenvalue weighted by Crippen LogP contribution is -2.49. The minimum absolute atomic E-state index is 0.152. The van der Waals surface area contributed by atoms with Crippen LogP contribution in [-0.2, 0) is 4.79 Å². The van der Waals surface area contributed by atoms with Gasteiger partial charge in [0.1, 0.15) is 0 Å². The molecule has 3 atom stereocenters. The number of amides is 1. The fourth-order valence-corrected chi connectivity index (χ4v) is 4.62. The van der Waals surface area contributed by atoms with Crippen molar-refractivity contribution in [2.24, 2.45) is 23.5 Å². The fourth-order valence-electron chi connectivity index (χ4n) is 4.62. The highest BCUT2D eigenvalue weighted by molar-refractivity contribution is 5.78. The molecule has 0 saturated heterocycles. The molecule has 0 heterocycles. The van der Waals surface area contributed by atoms with Crippen LogP contribution in [0.1, 0.15) is 43.7 Å². The summed E-state index contributed by atoms with van der Waals surface area (Å²) in [6, 6.07) is 10.9. The Hall–Kier alpha value is -1.39. The second kappa shape index (κ2) is 7.66. The molecule has 2 bridgehead atoms. The van der Waals surface area contributed by atoms with Gasteiger partial charge in [-0.05, 0) is 57.2 Å². The van der Waals surface area contributed by atoms with Gasteiger partial charge >= 0.3 is 0 Å². The molecule has 0 spiro atoms. The average Bonchev–Trinajstić information content (AvgIpc) is 2.55. The molecule has 2 fully saturated rings. The molecule has 0 radical (unpaired) electrons. The van der Waals surface area contributed by atoms with Crippen LogP contribution in [0.4, 0.5) is 0 Å². The number of carbonyl (C=O) groups is 1. The number of hydrogen-bond acceptors (Lipinski definition) is 3. The largest absolute Gasteiger partial charge is 0.354 e. The third-order valence-corrected chi connectivity index (χ3v) is 6.06. The van der Waals surface area contributed by atoms with Crippen LogP contribution in [0.15, 0.2) is 30.3 Å². The summed E-state index contributed by atoms with van der Waals surface area (Å²) in [6.07, 6.45) is 5.63. The molecular formula is C20H31N3O. The fraction of sp³-hybridized carbons (Fsp3) is 0.650. The monoisotopic (exact) mass is 329 g/mol. The van der Waals surface area contributed by atoms with Crippen LogP contribution in [0.2, 0.25) is 0 Å². The van der Waals surface area contributed by atoms with Crippen molar-refractivity contribution in [1.29, 1.82) is 0 Å². The van der Waals surface area contributed by atoms with Crippen LogP contribution in [0.3, 0.4) is 0 Å². The van der Waals surface area contributed by atoms with E-state index in [4.69, 9.17) is 5.73 Å². The SMILES string of the molecule is CN(C)C(CNC(=O)C1CC2CCCC(C1)C2N)c1ccccc1. The number of carbonyl (C=O) groups excluding carboxylic acids is 1. The minimum Gasteiger partial charge on any atom is -0.354 e. The third-order valence-electron chi connectivity index (χ3n) is 6.06. The Morgan fingerprint density at radius 2 is 1.83 bits per heavy atom. The van der Waals surface area contributed by atoms with Crippen molar-refractivity contribution in [3.05, 3.63) is 35.9 Å². The maximum Gasteiger partial charge on any atom is 0.223 e. The Labute approximate surface area is 145 Å². The normalized spacial score (nSPS) is 30.8. The van der Waals surface area contributed by atoms with Gasteiger partial charge in [0.05, 0.1) is 6.04 Å². The van der Waals surface area contributed by atoms with Crippen molar-refractivity contribution in [2.45, 2.75) is 44.2 Å². The average molecular weight is 329 g/mol. The first-order chi connectivity index (χ1) is 11.6. The summed E-state index contributed by atoms with van der Waals surface area (Å²) in [6.45, 7) is 0.660. The zero-order valence-corrected chi connectivity index (χ0v) is 14.9. The predicted octanol–water partition coefficient (Wildman–Crippen LogP) is 2.56. The Kier molecular flexibility index (Phi) is 5.57. The summed E-state index contributed by atoms with van der Waals surface area (Å²) in [5.41, 5.74) is 7.59. The van der Waals surface area contributed by atoms with Gasteiger partial charge in [0.2, 0.25) is 5.91 Å². The first kappa shape index (κ1) is 17.4. The van der Waals surface area contributed by atoms with Crippen molar-refractivity contribution in [2.75, 3.05) is 20.6 Å². The van der Waals surface area contributed by atoms with Gasteiger partial charge in [-0.25, -0.2) is 0 Å². The highest BCUT2D eigenvalue weighted by Gasteiger charge is 2.40. The molecule has 3 unspecified atom stereocenters. The highest BCUT2D eigenvalue weighted by atomic mass is 16.1. The summed E-state index contributed by atoms with van der Waals surface area (Å²) in [5.74, 6) is 1.47. The summed E-state index contributed by atoms with van der Waals surface area (Å²) in [4.78, 5) is 14.9. The molecule has 3 rings (SSSR count). The summed E-state index contributed by atoms with van der Waals surface area (Å²) < 4.78 is 0. The Morgan fingerprint density at radius 3 is 2.42 bits per heavy atom. The van der Waals surface area contributed by atoms with Gasteiger partial charge in [-0.15, -0.1) is 0 Å². The molecule has 24 heavy (non-hydrogen) atoms. The maximum absolute atomic E-state index is 12.7. The zero-order chi connectivity index (χ0) is 17.1. The van der Waals surface area contributed by atoms with Gasteiger partial charge in [-0.2, -0.15) is 0 Å². The minimum atomic E-state index is 0.152. The second-order valence-electron chi connectivity index (χ2n) is 7.83. The van der Waals surface area contributed by atoms with E-state index < -0.39 is 0 Å². The predicted molar refractivity (Wildman–Crippen MR) is 97.4 cm³/mol. The zero-order valence-electron chi connectivity index (χ0n) is 14.9. The van der Waals surface area contributed by atoms with Crippen LogP contribution >= 0.6 is 0 Å². The molecule has 1 aromatic carbocycles. The smallest absolute Gasteiger partial charge is 0.223 e. The quantitative estimate of drug-likeness (QED) is 0.873. The summed E-state index contributed by atoms with van der Waals surface area (Å²) in [7, 11) is 4.13. The molecule has 132 valence electrons. The number of hydrogen-bond donors (Lipinski definition) is 2. The van der Waals surface area contributed by atoms with Gasteiger partial charge in [-0.1, -0.05) is 36.8 Å². The van der Waals surface area contributed by atoms with Crippen molar-refractivity contribution in [1.82, 2.24) is 10.2 Å². The van der Waals surface area contributed by atoms with E-state index >= 15 is 0 Å². The lowest BCUT2D eigenvalue weighted by Gasteiger charge is -2.43. The number of benzene rings is 1. The standard InChI is InChI=1S/C20H31N3O/c1-23(2)18(14-7-4-3-5-8-14)13-22-20(24)17-11-15-9-6-10-16(12-17)19(15)21/h3-5,7-8,15-19H,6,9-13,21H2,1-2H3,(H,22,24). The first-order valence-corrected chi connectivity index (χ1v) is 9.31. The third kappa shape index (κ3) is 3.81. The summed E-state index contributed by atoms with van der Waals surface area (Å²) in [5, 5.41) is 3.22. The second-order valence-corrected chi connectivity index (χ2v) is 7.83. The number of likely N-dealkylation sites (N-methyl/N-ethyl adjacent to an activating group) is 1. The van der Waals surface area contributed by atoms with E-state index in [0.29, 0.717) is 24.4 Å². The van der Waals surface area contributed by atoms with Crippen molar-refractivity contribution in [3.8, 4) is 0 Å². The first-order valence-electron chi connectivity index (χ1n) is 9.31. The Morgan fingerprint density at radius 1 is 1.21 bits per heavy atom. The van der Waals surface area contributed by atoms with E-state index in [-0.39, 0.29) is 17.9 Å². The van der Waals surface area contributed by atoms with E-state index in [2.05, 4.69) is 48.6 Å². The van der Waals surface area contributed by atoms with Gasteiger partial charge in [0.25, 0.3) is 0 Å². The molecule has 3 N–H and O–H groups in total. The number of fused-ring (bicyclic) bond motifs is 2. The molecule has 4 nitrogen and oxygen atoms in total. The van der Waals surface area contributed by atoms with E-state index in [9.17, 15) is 4.79 Å². The highest BCUT2D eigenvalue weighted by Crippen LogP contribution is 2.41. The van der Waals surface area contributed by atoms with Gasteiger partial charge < -0.3 is 16.0 Å². The van der Waals surface area contributed by atoms with Gasteiger partial charge in [-0.3, -0.25) is 4.79 Å². The maximum atomic E-state index is 12.7. The lowest BCUT2D eigenvalue weighted by atomic mass is 9.65. The summed E-state index contributed by atoms with van der Waals surface area (Å²) >= 11 is 0. The number of nitrogens with zero attached hydrogens (tertiary/aromatic N) is 1. The van der Waals surface area contributed by atoms with E-state index in [1.54, 1.807) is 0 Å². The molecule has 2 saturated carbocycles. The Bertz CT molecular complexity index is 531. The van der Waals surface area contributed by atoms with Crippen molar-refractivity contribution >= 4 is 5.91 Å². The van der Waals surface area contributed by atoms with Crippen LogP contribution in [-0.4, -0.2) is 37.5 Å². The van der Waals surface area contributed by atoms with Crippen LogP contribution in [0.25, 0.3) is 0 Å². The molecule has 4 heteroatoms. The number of rotatable bonds is 5. The van der Waals surface area contributed by atoms with E-state index in [1.807, 2.05) is 6.07 Å². The molecule has 2 aliphatic rings. The number of nitrogens with two attached hydrogens (primary N) is 1. The van der Waals surface area contributed by atoms with Gasteiger partial charge in [0, 0.05) is 18.5 Å². The molecule has 1 aromatic rings. The van der Waals surface area contributed by atoms with E-state index in [0.717, 1.165) is 12.8 Å². The van der Waals surface area contributed by atoms with Crippen LogP contribution < -0.4 is 11.1 Å². The van der Waals surface area contributed by atoms with Crippen LogP contribution in [0.5, 0.6) is 0 Å². The Balaban J connectivity index is 1.58.